The van der Waals surface area contributed by atoms with Crippen LogP contribution in [0.2, 0.25) is 0 Å². The number of fused-ring (bicyclic) bond motifs is 1. The second-order valence-electron chi connectivity index (χ2n) is 5.41. The van der Waals surface area contributed by atoms with Crippen LogP contribution in [-0.4, -0.2) is 30.9 Å². The molecule has 114 valence electrons. The fourth-order valence-electron chi connectivity index (χ4n) is 2.24. The number of rotatable bonds is 4. The first kappa shape index (κ1) is 14.2. The number of nitrogens with zero attached hydrogens (tertiary/aromatic N) is 4. The van der Waals surface area contributed by atoms with Crippen molar-refractivity contribution in [3.8, 4) is 0 Å². The Hall–Kier alpha value is -2.70. The Balaban J connectivity index is 1.85. The normalized spacial score (nSPS) is 11.3. The molecule has 3 aromatic rings. The van der Waals surface area contributed by atoms with Gasteiger partial charge in [-0.1, -0.05) is 6.92 Å². The summed E-state index contributed by atoms with van der Waals surface area (Å²) in [6, 6.07) is 3.83. The van der Waals surface area contributed by atoms with E-state index in [0.29, 0.717) is 11.4 Å². The van der Waals surface area contributed by atoms with Gasteiger partial charge in [-0.2, -0.15) is 10.2 Å². The van der Waals surface area contributed by atoms with Gasteiger partial charge in [0, 0.05) is 29.4 Å². The number of aryl methyl sites for hydroxylation is 1. The van der Waals surface area contributed by atoms with Gasteiger partial charge in [-0.15, -0.1) is 0 Å². The van der Waals surface area contributed by atoms with Crippen LogP contribution in [0.5, 0.6) is 0 Å². The van der Waals surface area contributed by atoms with Crippen LogP contribution in [0, 0.1) is 0 Å². The molecule has 0 radical (unpaired) electrons. The maximum Gasteiger partial charge on any atom is 0.258 e. The van der Waals surface area contributed by atoms with Gasteiger partial charge in [0.2, 0.25) is 0 Å². The van der Waals surface area contributed by atoms with Crippen LogP contribution in [0.3, 0.4) is 0 Å². The summed E-state index contributed by atoms with van der Waals surface area (Å²) in [5.74, 6) is 0.278. The van der Waals surface area contributed by atoms with Crippen LogP contribution in [0.4, 0.5) is 5.82 Å². The van der Waals surface area contributed by atoms with Crippen molar-refractivity contribution in [2.24, 2.45) is 0 Å². The van der Waals surface area contributed by atoms with Crippen LogP contribution < -0.4 is 5.32 Å². The molecule has 0 aliphatic heterocycles. The summed E-state index contributed by atoms with van der Waals surface area (Å²) in [4.78, 5) is 16.6. The summed E-state index contributed by atoms with van der Waals surface area (Å²) in [7, 11) is 0. The third-order valence-electron chi connectivity index (χ3n) is 3.44. The van der Waals surface area contributed by atoms with Crippen molar-refractivity contribution in [1.82, 2.24) is 25.0 Å². The van der Waals surface area contributed by atoms with Gasteiger partial charge in [0.05, 0.1) is 11.8 Å². The van der Waals surface area contributed by atoms with Crippen molar-refractivity contribution in [2.45, 2.75) is 33.2 Å². The molecule has 1 amide bonds. The minimum absolute atomic E-state index is 0.223. The summed E-state index contributed by atoms with van der Waals surface area (Å²) in [5.41, 5.74) is 2.23. The van der Waals surface area contributed by atoms with Crippen molar-refractivity contribution in [3.05, 3.63) is 35.8 Å². The maximum atomic E-state index is 12.3. The minimum atomic E-state index is -0.235. The van der Waals surface area contributed by atoms with Crippen LogP contribution in [0.15, 0.2) is 24.5 Å². The molecule has 3 heterocycles. The predicted molar refractivity (Wildman–Crippen MR) is 83.8 cm³/mol. The lowest BCUT2D eigenvalue weighted by atomic mass is 10.2. The molecule has 0 fully saturated rings. The average molecular weight is 298 g/mol. The molecule has 0 aliphatic rings. The van der Waals surface area contributed by atoms with E-state index in [1.54, 1.807) is 18.5 Å². The number of amides is 1. The molecule has 7 nitrogen and oxygen atoms in total. The molecular weight excluding hydrogens is 280 g/mol. The Morgan fingerprint density at radius 1 is 1.36 bits per heavy atom. The number of aromatic nitrogens is 5. The van der Waals surface area contributed by atoms with Crippen molar-refractivity contribution in [2.75, 3.05) is 5.32 Å². The first-order chi connectivity index (χ1) is 10.6. The molecule has 0 atom stereocenters. The number of hydrogen-bond acceptors (Lipinski definition) is 4. The standard InChI is InChI=1S/C15H18N6O/c1-4-12-6-13(20-19-12)18-15(22)11-5-10-8-17-21(9(2)3)14(10)16-7-11/h5-9H,4H2,1-3H3,(H2,18,19,20,22). The molecule has 0 saturated heterocycles. The van der Waals surface area contributed by atoms with E-state index in [1.807, 2.05) is 31.5 Å². The molecule has 2 N–H and O–H groups in total. The summed E-state index contributed by atoms with van der Waals surface area (Å²) >= 11 is 0. The number of pyridine rings is 1. The first-order valence-corrected chi connectivity index (χ1v) is 7.27. The van der Waals surface area contributed by atoms with Crippen LogP contribution >= 0.6 is 0 Å². The van der Waals surface area contributed by atoms with E-state index < -0.39 is 0 Å². The summed E-state index contributed by atoms with van der Waals surface area (Å²) < 4.78 is 1.83. The van der Waals surface area contributed by atoms with Gasteiger partial charge in [-0.25, -0.2) is 9.67 Å². The average Bonchev–Trinajstić information content (AvgIpc) is 3.12. The van der Waals surface area contributed by atoms with Gasteiger partial charge >= 0.3 is 0 Å². The number of aromatic amines is 1. The molecule has 7 heteroatoms. The Bertz CT molecular complexity index is 816. The van der Waals surface area contributed by atoms with E-state index in [1.165, 1.54) is 0 Å². The highest BCUT2D eigenvalue weighted by atomic mass is 16.1. The SMILES string of the molecule is CCc1cc(NC(=O)c2cnc3c(cnn3C(C)C)c2)n[nH]1. The van der Waals surface area contributed by atoms with Crippen LogP contribution in [0.1, 0.15) is 42.9 Å². The molecule has 0 saturated carbocycles. The predicted octanol–water partition coefficient (Wildman–Crippen LogP) is 2.55. The van der Waals surface area contributed by atoms with E-state index in [2.05, 4.69) is 25.6 Å². The van der Waals surface area contributed by atoms with Crippen molar-refractivity contribution >= 4 is 22.8 Å². The second kappa shape index (κ2) is 5.59. The zero-order valence-corrected chi connectivity index (χ0v) is 12.8. The molecule has 3 aromatic heterocycles. The van der Waals surface area contributed by atoms with Crippen molar-refractivity contribution in [3.63, 3.8) is 0 Å². The summed E-state index contributed by atoms with van der Waals surface area (Å²) in [5, 5.41) is 14.8. The Morgan fingerprint density at radius 2 is 2.18 bits per heavy atom. The molecule has 0 aliphatic carbocycles. The number of H-pyrrole nitrogens is 1. The summed E-state index contributed by atoms with van der Waals surface area (Å²) in [6.45, 7) is 6.10. The molecule has 22 heavy (non-hydrogen) atoms. The number of hydrogen-bond donors (Lipinski definition) is 2. The maximum absolute atomic E-state index is 12.3. The Morgan fingerprint density at radius 3 is 2.86 bits per heavy atom. The Labute approximate surface area is 127 Å². The van der Waals surface area contributed by atoms with E-state index in [9.17, 15) is 4.79 Å². The number of carbonyl (C=O) groups excluding carboxylic acids is 1. The highest BCUT2D eigenvalue weighted by molar-refractivity contribution is 6.05. The van der Waals surface area contributed by atoms with Gasteiger partial charge in [-0.05, 0) is 26.3 Å². The largest absolute Gasteiger partial charge is 0.305 e. The van der Waals surface area contributed by atoms with E-state index in [4.69, 9.17) is 0 Å². The highest BCUT2D eigenvalue weighted by Gasteiger charge is 2.13. The van der Waals surface area contributed by atoms with Crippen LogP contribution in [-0.2, 0) is 6.42 Å². The van der Waals surface area contributed by atoms with Gasteiger partial charge in [-0.3, -0.25) is 9.89 Å². The lowest BCUT2D eigenvalue weighted by Gasteiger charge is -2.06. The lowest BCUT2D eigenvalue weighted by Crippen LogP contribution is -2.12. The van der Waals surface area contributed by atoms with Crippen molar-refractivity contribution in [1.29, 1.82) is 0 Å². The van der Waals surface area contributed by atoms with Gasteiger partial charge < -0.3 is 5.32 Å². The fourth-order valence-corrected chi connectivity index (χ4v) is 2.24. The zero-order valence-electron chi connectivity index (χ0n) is 12.8. The van der Waals surface area contributed by atoms with Gasteiger partial charge in [0.25, 0.3) is 5.91 Å². The smallest absolute Gasteiger partial charge is 0.258 e. The second-order valence-corrected chi connectivity index (χ2v) is 5.41. The monoisotopic (exact) mass is 298 g/mol. The molecule has 0 unspecified atom stereocenters. The number of anilines is 1. The molecule has 3 rings (SSSR count). The quantitative estimate of drug-likeness (QED) is 0.774. The first-order valence-electron chi connectivity index (χ1n) is 7.27. The fraction of sp³-hybridized carbons (Fsp3) is 0.333. The lowest BCUT2D eigenvalue weighted by molar-refractivity contribution is 0.102. The zero-order chi connectivity index (χ0) is 15.7. The van der Waals surface area contributed by atoms with E-state index in [-0.39, 0.29) is 11.9 Å². The molecule has 0 aromatic carbocycles. The van der Waals surface area contributed by atoms with Crippen LogP contribution in [0.25, 0.3) is 11.0 Å². The molecular formula is C15H18N6O. The van der Waals surface area contributed by atoms with Crippen molar-refractivity contribution < 1.29 is 4.79 Å². The summed E-state index contributed by atoms with van der Waals surface area (Å²) in [6.07, 6.45) is 4.12. The Kier molecular flexibility index (Phi) is 3.62. The number of nitrogens with one attached hydrogen (secondary N) is 2. The minimum Gasteiger partial charge on any atom is -0.305 e. The third-order valence-corrected chi connectivity index (χ3v) is 3.44. The van der Waals surface area contributed by atoms with Gasteiger partial charge in [0.1, 0.15) is 0 Å². The van der Waals surface area contributed by atoms with E-state index in [0.717, 1.165) is 23.1 Å². The van der Waals surface area contributed by atoms with E-state index >= 15 is 0 Å². The highest BCUT2D eigenvalue weighted by Crippen LogP contribution is 2.17. The molecule has 0 bridgehead atoms. The topological polar surface area (TPSA) is 88.5 Å². The third kappa shape index (κ3) is 2.57. The van der Waals surface area contributed by atoms with Gasteiger partial charge in [0.15, 0.2) is 11.5 Å². The number of carbonyl (C=O) groups is 1. The molecule has 0 spiro atoms.